The minimum absolute atomic E-state index is 0.196. The van der Waals surface area contributed by atoms with Crippen molar-refractivity contribution in [1.29, 1.82) is 0 Å². The fraction of sp³-hybridized carbons (Fsp3) is 0.500. The second-order valence-corrected chi connectivity index (χ2v) is 7.41. The minimum atomic E-state index is -3.63. The predicted molar refractivity (Wildman–Crippen MR) is 81.7 cm³/mol. The minimum Gasteiger partial charge on any atom is -0.326 e. The highest BCUT2D eigenvalue weighted by Gasteiger charge is 2.34. The summed E-state index contributed by atoms with van der Waals surface area (Å²) in [6.07, 6.45) is 0.747. The van der Waals surface area contributed by atoms with Crippen LogP contribution in [0.1, 0.15) is 25.8 Å². The van der Waals surface area contributed by atoms with Gasteiger partial charge in [0.05, 0.1) is 4.90 Å². The summed E-state index contributed by atoms with van der Waals surface area (Å²) in [6, 6.07) is 4.87. The Morgan fingerprint density at radius 1 is 1.38 bits per heavy atom. The second-order valence-electron chi connectivity index (χ2n) is 5.75. The Kier molecular flexibility index (Phi) is 4.36. The number of carbonyl (C=O) groups excluding carboxylic acids is 1. The molecule has 1 unspecified atom stereocenters. The van der Waals surface area contributed by atoms with Crippen molar-refractivity contribution >= 4 is 21.6 Å². The number of anilines is 1. The average Bonchev–Trinajstić information content (AvgIpc) is 2.76. The third kappa shape index (κ3) is 3.81. The van der Waals surface area contributed by atoms with Crippen LogP contribution in [0.4, 0.5) is 5.69 Å². The third-order valence-corrected chi connectivity index (χ3v) is 5.33. The first-order chi connectivity index (χ1) is 9.72. The van der Waals surface area contributed by atoms with Crippen molar-refractivity contribution < 1.29 is 13.2 Å². The summed E-state index contributed by atoms with van der Waals surface area (Å²) in [5.41, 5.74) is 0.643. The van der Waals surface area contributed by atoms with E-state index in [9.17, 15) is 13.2 Å². The van der Waals surface area contributed by atoms with E-state index in [4.69, 9.17) is 0 Å². The van der Waals surface area contributed by atoms with Gasteiger partial charge < -0.3 is 10.6 Å². The first-order valence-corrected chi connectivity index (χ1v) is 8.33. The zero-order valence-corrected chi connectivity index (χ0v) is 13.3. The summed E-state index contributed by atoms with van der Waals surface area (Å²) >= 11 is 0. The fourth-order valence-corrected chi connectivity index (χ4v) is 4.16. The number of nitrogens with one attached hydrogen (secondary N) is 3. The molecule has 0 radical (unpaired) electrons. The molecular weight excluding hydrogens is 290 g/mol. The van der Waals surface area contributed by atoms with Gasteiger partial charge in [-0.3, -0.25) is 4.79 Å². The molecule has 0 spiro atoms. The summed E-state index contributed by atoms with van der Waals surface area (Å²) in [5.74, 6) is -0.234. The van der Waals surface area contributed by atoms with Crippen LogP contribution < -0.4 is 15.4 Å². The highest BCUT2D eigenvalue weighted by molar-refractivity contribution is 7.89. The van der Waals surface area contributed by atoms with Gasteiger partial charge in [0.15, 0.2) is 0 Å². The van der Waals surface area contributed by atoms with Crippen molar-refractivity contribution in [3.8, 4) is 0 Å². The van der Waals surface area contributed by atoms with Crippen LogP contribution in [0.5, 0.6) is 0 Å². The molecule has 1 saturated heterocycles. The zero-order valence-electron chi connectivity index (χ0n) is 12.5. The molecule has 1 atom stereocenters. The molecule has 1 heterocycles. The maximum atomic E-state index is 12.6. The topological polar surface area (TPSA) is 87.3 Å². The van der Waals surface area contributed by atoms with Crippen molar-refractivity contribution in [3.63, 3.8) is 0 Å². The molecule has 1 aromatic rings. The van der Waals surface area contributed by atoms with Gasteiger partial charge >= 0.3 is 0 Å². The van der Waals surface area contributed by atoms with Gasteiger partial charge in [-0.1, -0.05) is 6.07 Å². The lowest BCUT2D eigenvalue weighted by atomic mass is 10.0. The molecule has 6 nitrogen and oxygen atoms in total. The van der Waals surface area contributed by atoms with Gasteiger partial charge in [-0.15, -0.1) is 0 Å². The van der Waals surface area contributed by atoms with Gasteiger partial charge in [-0.25, -0.2) is 13.1 Å². The first-order valence-electron chi connectivity index (χ1n) is 6.85. The van der Waals surface area contributed by atoms with Gasteiger partial charge in [0.1, 0.15) is 0 Å². The molecule has 3 N–H and O–H groups in total. The maximum absolute atomic E-state index is 12.6. The van der Waals surface area contributed by atoms with Gasteiger partial charge in [-0.2, -0.15) is 0 Å². The number of rotatable bonds is 4. The molecule has 21 heavy (non-hydrogen) atoms. The maximum Gasteiger partial charge on any atom is 0.241 e. The number of carbonyl (C=O) groups is 1. The van der Waals surface area contributed by atoms with Crippen LogP contribution in [0.25, 0.3) is 0 Å². The molecule has 0 aliphatic carbocycles. The van der Waals surface area contributed by atoms with E-state index in [0.29, 0.717) is 17.8 Å². The molecule has 1 amide bonds. The Bertz CT molecular complexity index is 649. The number of sulfonamides is 1. The summed E-state index contributed by atoms with van der Waals surface area (Å²) < 4.78 is 28.0. The Balaban J connectivity index is 2.32. The molecule has 1 aliphatic heterocycles. The number of aryl methyl sites for hydroxylation is 1. The SMILES string of the molecule is CC(=O)Nc1ccc(C)c(S(=O)(=O)NC2(C)CCNC2)c1. The quantitative estimate of drug-likeness (QED) is 0.773. The Hall–Kier alpha value is -1.44. The molecule has 2 rings (SSSR count). The van der Waals surface area contributed by atoms with Crippen molar-refractivity contribution in [2.24, 2.45) is 0 Å². The largest absolute Gasteiger partial charge is 0.326 e. The second kappa shape index (κ2) is 5.75. The zero-order chi connectivity index (χ0) is 15.7. The number of hydrogen-bond acceptors (Lipinski definition) is 4. The molecule has 116 valence electrons. The lowest BCUT2D eigenvalue weighted by Gasteiger charge is -2.24. The van der Waals surface area contributed by atoms with Crippen LogP contribution in [0.15, 0.2) is 23.1 Å². The molecule has 1 aliphatic rings. The highest BCUT2D eigenvalue weighted by Crippen LogP contribution is 2.23. The number of amides is 1. The number of hydrogen-bond donors (Lipinski definition) is 3. The van der Waals surface area contributed by atoms with E-state index in [2.05, 4.69) is 15.4 Å². The highest BCUT2D eigenvalue weighted by atomic mass is 32.2. The van der Waals surface area contributed by atoms with Gasteiger partial charge in [-0.05, 0) is 44.5 Å². The van der Waals surface area contributed by atoms with E-state index < -0.39 is 15.6 Å². The molecular formula is C14H21N3O3S. The van der Waals surface area contributed by atoms with Gasteiger partial charge in [0.2, 0.25) is 15.9 Å². The van der Waals surface area contributed by atoms with Gasteiger partial charge in [0.25, 0.3) is 0 Å². The lowest BCUT2D eigenvalue weighted by molar-refractivity contribution is -0.114. The Morgan fingerprint density at radius 2 is 2.10 bits per heavy atom. The monoisotopic (exact) mass is 311 g/mol. The van der Waals surface area contributed by atoms with Crippen LogP contribution >= 0.6 is 0 Å². The van der Waals surface area contributed by atoms with E-state index >= 15 is 0 Å². The molecule has 0 bridgehead atoms. The summed E-state index contributed by atoms with van der Waals surface area (Å²) in [6.45, 7) is 6.41. The van der Waals surface area contributed by atoms with E-state index in [1.54, 1.807) is 19.1 Å². The van der Waals surface area contributed by atoms with Crippen molar-refractivity contribution in [2.45, 2.75) is 37.6 Å². The molecule has 0 saturated carbocycles. The molecule has 7 heteroatoms. The van der Waals surface area contributed by atoms with Crippen LogP contribution in [0, 0.1) is 6.92 Å². The normalized spacial score (nSPS) is 22.2. The van der Waals surface area contributed by atoms with E-state index in [0.717, 1.165) is 13.0 Å². The fourth-order valence-electron chi connectivity index (χ4n) is 2.45. The van der Waals surface area contributed by atoms with Crippen LogP contribution in [-0.2, 0) is 14.8 Å². The van der Waals surface area contributed by atoms with Crippen molar-refractivity contribution in [1.82, 2.24) is 10.0 Å². The molecule has 1 aromatic carbocycles. The van der Waals surface area contributed by atoms with E-state index in [1.165, 1.54) is 13.0 Å². The predicted octanol–water partition coefficient (Wildman–Crippen LogP) is 0.984. The lowest BCUT2D eigenvalue weighted by Crippen LogP contribution is -2.47. The van der Waals surface area contributed by atoms with Crippen LogP contribution in [-0.4, -0.2) is 33.0 Å². The van der Waals surface area contributed by atoms with Crippen molar-refractivity contribution in [3.05, 3.63) is 23.8 Å². The smallest absolute Gasteiger partial charge is 0.241 e. The van der Waals surface area contributed by atoms with Gasteiger partial charge in [0, 0.05) is 24.7 Å². The third-order valence-electron chi connectivity index (χ3n) is 3.55. The number of benzene rings is 1. The van der Waals surface area contributed by atoms with Crippen LogP contribution in [0.3, 0.4) is 0 Å². The summed E-state index contributed by atoms with van der Waals surface area (Å²) in [4.78, 5) is 11.3. The van der Waals surface area contributed by atoms with E-state index in [-0.39, 0.29) is 10.8 Å². The average molecular weight is 311 g/mol. The summed E-state index contributed by atoms with van der Waals surface area (Å²) in [7, 11) is -3.63. The van der Waals surface area contributed by atoms with E-state index in [1.807, 2.05) is 6.92 Å². The van der Waals surface area contributed by atoms with Crippen LogP contribution in [0.2, 0.25) is 0 Å². The van der Waals surface area contributed by atoms with Crippen molar-refractivity contribution in [2.75, 3.05) is 18.4 Å². The summed E-state index contributed by atoms with van der Waals surface area (Å²) in [5, 5.41) is 5.76. The molecule has 0 aromatic heterocycles. The standard InChI is InChI=1S/C14H21N3O3S/c1-10-4-5-12(16-11(2)18)8-13(10)21(19,20)17-14(3)6-7-15-9-14/h4-5,8,15,17H,6-7,9H2,1-3H3,(H,16,18). The Morgan fingerprint density at radius 3 is 2.67 bits per heavy atom. The first kappa shape index (κ1) is 15.9. The Labute approximate surface area is 125 Å². The molecule has 1 fully saturated rings.